The maximum absolute atomic E-state index is 6.12. The van der Waals surface area contributed by atoms with E-state index < -0.39 is 0 Å². The van der Waals surface area contributed by atoms with Gasteiger partial charge in [0, 0.05) is 5.02 Å². The quantitative estimate of drug-likeness (QED) is 0.784. The van der Waals surface area contributed by atoms with Crippen LogP contribution < -0.4 is 10.5 Å². The number of rotatable bonds is 7. The molecule has 1 aromatic rings. The van der Waals surface area contributed by atoms with Crippen LogP contribution in [-0.4, -0.2) is 25.9 Å². The van der Waals surface area contributed by atoms with E-state index in [1.807, 2.05) is 19.9 Å². The first-order valence-electron chi connectivity index (χ1n) is 5.97. The molecule has 5 heteroatoms. The van der Waals surface area contributed by atoms with Gasteiger partial charge in [-0.15, -0.1) is 0 Å². The van der Waals surface area contributed by atoms with Gasteiger partial charge in [-0.3, -0.25) is 0 Å². The number of halogens is 2. The fraction of sp³-hybridized carbons (Fsp3) is 0.538. The molecule has 1 aromatic carbocycles. The molecule has 18 heavy (non-hydrogen) atoms. The monoisotopic (exact) mass is 291 g/mol. The van der Waals surface area contributed by atoms with Gasteiger partial charge in [0.25, 0.3) is 0 Å². The molecule has 3 nitrogen and oxygen atoms in total. The van der Waals surface area contributed by atoms with Gasteiger partial charge < -0.3 is 15.2 Å². The first-order chi connectivity index (χ1) is 8.54. The maximum atomic E-state index is 6.12. The summed E-state index contributed by atoms with van der Waals surface area (Å²) in [5, 5.41) is 1.10. The minimum atomic E-state index is 0.192. The molecule has 0 unspecified atom stereocenters. The highest BCUT2D eigenvalue weighted by atomic mass is 35.5. The predicted molar refractivity (Wildman–Crippen MR) is 75.8 cm³/mol. The molecular formula is C13H19Cl2NO2. The van der Waals surface area contributed by atoms with E-state index in [-0.39, 0.29) is 6.10 Å². The Morgan fingerprint density at radius 1 is 1.22 bits per heavy atom. The summed E-state index contributed by atoms with van der Waals surface area (Å²) in [5.41, 5.74) is 6.49. The maximum Gasteiger partial charge on any atom is 0.141 e. The summed E-state index contributed by atoms with van der Waals surface area (Å²) in [5.74, 6) is 0.652. The molecule has 0 fully saturated rings. The number of benzene rings is 1. The van der Waals surface area contributed by atoms with Gasteiger partial charge in [-0.05, 0) is 44.5 Å². The highest BCUT2D eigenvalue weighted by molar-refractivity contribution is 6.35. The summed E-state index contributed by atoms with van der Waals surface area (Å²) in [6, 6.07) is 3.50. The zero-order valence-electron chi connectivity index (χ0n) is 10.7. The summed E-state index contributed by atoms with van der Waals surface area (Å²) < 4.78 is 11.1. The van der Waals surface area contributed by atoms with E-state index in [1.165, 1.54) is 0 Å². The van der Waals surface area contributed by atoms with Crippen LogP contribution in [-0.2, 0) is 11.2 Å². The van der Waals surface area contributed by atoms with Gasteiger partial charge in [-0.25, -0.2) is 0 Å². The molecule has 0 atom stereocenters. The summed E-state index contributed by atoms with van der Waals surface area (Å²) in [7, 11) is 0. The fourth-order valence-electron chi connectivity index (χ4n) is 1.54. The molecule has 0 saturated carbocycles. The van der Waals surface area contributed by atoms with E-state index in [0.717, 1.165) is 5.56 Å². The fourth-order valence-corrected chi connectivity index (χ4v) is 2.13. The van der Waals surface area contributed by atoms with Gasteiger partial charge in [0.2, 0.25) is 0 Å². The van der Waals surface area contributed by atoms with Crippen molar-refractivity contribution in [2.45, 2.75) is 26.4 Å². The van der Waals surface area contributed by atoms with Crippen molar-refractivity contribution in [3.05, 3.63) is 27.7 Å². The Kier molecular flexibility index (Phi) is 6.79. The lowest BCUT2D eigenvalue weighted by Crippen LogP contribution is -2.13. The molecule has 0 aliphatic heterocycles. The third-order valence-electron chi connectivity index (χ3n) is 2.28. The van der Waals surface area contributed by atoms with E-state index in [4.69, 9.17) is 38.4 Å². The summed E-state index contributed by atoms with van der Waals surface area (Å²) in [6.45, 7) is 5.47. The summed E-state index contributed by atoms with van der Waals surface area (Å²) >= 11 is 12.1. The molecule has 0 spiro atoms. The lowest BCUT2D eigenvalue weighted by molar-refractivity contribution is 0.0551. The van der Waals surface area contributed by atoms with E-state index in [2.05, 4.69) is 0 Å². The van der Waals surface area contributed by atoms with Gasteiger partial charge in [0.1, 0.15) is 12.4 Å². The third kappa shape index (κ3) is 5.02. The van der Waals surface area contributed by atoms with Gasteiger partial charge in [0.05, 0.1) is 17.7 Å². The van der Waals surface area contributed by atoms with Crippen LogP contribution in [0.3, 0.4) is 0 Å². The van der Waals surface area contributed by atoms with Crippen molar-refractivity contribution in [1.82, 2.24) is 0 Å². The number of hydrogen-bond acceptors (Lipinski definition) is 3. The highest BCUT2D eigenvalue weighted by Crippen LogP contribution is 2.32. The molecule has 1 rings (SSSR count). The topological polar surface area (TPSA) is 44.5 Å². The van der Waals surface area contributed by atoms with E-state index in [1.54, 1.807) is 6.07 Å². The van der Waals surface area contributed by atoms with Crippen molar-refractivity contribution < 1.29 is 9.47 Å². The third-order valence-corrected chi connectivity index (χ3v) is 2.78. The molecule has 0 heterocycles. The molecule has 0 aliphatic carbocycles. The van der Waals surface area contributed by atoms with E-state index >= 15 is 0 Å². The second-order valence-electron chi connectivity index (χ2n) is 4.18. The lowest BCUT2D eigenvalue weighted by atomic mass is 10.1. The molecular weight excluding hydrogens is 273 g/mol. The SMILES string of the molecule is CC(C)OCCOc1c(Cl)cc(Cl)cc1CCN. The first-order valence-corrected chi connectivity index (χ1v) is 6.72. The second kappa shape index (κ2) is 7.85. The van der Waals surface area contributed by atoms with E-state index in [9.17, 15) is 0 Å². The highest BCUT2D eigenvalue weighted by Gasteiger charge is 2.10. The molecule has 0 radical (unpaired) electrons. The number of nitrogens with two attached hydrogens (primary N) is 1. The average Bonchev–Trinajstić information content (AvgIpc) is 2.26. The lowest BCUT2D eigenvalue weighted by Gasteiger charge is -2.14. The van der Waals surface area contributed by atoms with Gasteiger partial charge in [-0.1, -0.05) is 23.2 Å². The molecule has 0 aromatic heterocycles. The van der Waals surface area contributed by atoms with Crippen molar-refractivity contribution in [1.29, 1.82) is 0 Å². The average molecular weight is 292 g/mol. The Morgan fingerprint density at radius 3 is 2.56 bits per heavy atom. The summed E-state index contributed by atoms with van der Waals surface area (Å²) in [4.78, 5) is 0. The van der Waals surface area contributed by atoms with Crippen LogP contribution in [0.2, 0.25) is 10.0 Å². The molecule has 0 aliphatic rings. The van der Waals surface area contributed by atoms with Crippen LogP contribution >= 0.6 is 23.2 Å². The Morgan fingerprint density at radius 2 is 1.94 bits per heavy atom. The smallest absolute Gasteiger partial charge is 0.141 e. The number of hydrogen-bond donors (Lipinski definition) is 1. The molecule has 0 bridgehead atoms. The van der Waals surface area contributed by atoms with Crippen molar-refractivity contribution in [2.24, 2.45) is 5.73 Å². The normalized spacial score (nSPS) is 11.0. The van der Waals surface area contributed by atoms with E-state index in [0.29, 0.717) is 42.0 Å². The molecule has 2 N–H and O–H groups in total. The Bertz CT molecular complexity index is 383. The molecule has 102 valence electrons. The van der Waals surface area contributed by atoms with Crippen LogP contribution in [0, 0.1) is 0 Å². The Hall–Kier alpha value is -0.480. The van der Waals surface area contributed by atoms with Crippen LogP contribution in [0.15, 0.2) is 12.1 Å². The Balaban J connectivity index is 2.67. The minimum absolute atomic E-state index is 0.192. The second-order valence-corrected chi connectivity index (χ2v) is 5.03. The van der Waals surface area contributed by atoms with Gasteiger partial charge >= 0.3 is 0 Å². The first kappa shape index (κ1) is 15.6. The van der Waals surface area contributed by atoms with Crippen molar-refractivity contribution in [3.8, 4) is 5.75 Å². The van der Waals surface area contributed by atoms with Crippen molar-refractivity contribution >= 4 is 23.2 Å². The molecule has 0 saturated heterocycles. The largest absolute Gasteiger partial charge is 0.489 e. The van der Waals surface area contributed by atoms with Crippen LogP contribution in [0.1, 0.15) is 19.4 Å². The zero-order valence-corrected chi connectivity index (χ0v) is 12.2. The van der Waals surface area contributed by atoms with Gasteiger partial charge in [-0.2, -0.15) is 0 Å². The van der Waals surface area contributed by atoms with Gasteiger partial charge in [0.15, 0.2) is 0 Å². The van der Waals surface area contributed by atoms with Crippen molar-refractivity contribution in [3.63, 3.8) is 0 Å². The summed E-state index contributed by atoms with van der Waals surface area (Å²) in [6.07, 6.45) is 0.874. The predicted octanol–water partition coefficient (Wildman–Crippen LogP) is 3.30. The van der Waals surface area contributed by atoms with Crippen LogP contribution in [0.4, 0.5) is 0 Å². The minimum Gasteiger partial charge on any atom is -0.489 e. The van der Waals surface area contributed by atoms with Crippen LogP contribution in [0.5, 0.6) is 5.75 Å². The standard InChI is InChI=1S/C13H19Cl2NO2/c1-9(2)17-5-6-18-13-10(3-4-16)7-11(14)8-12(13)15/h7-9H,3-6,16H2,1-2H3. The Labute approximate surface area is 118 Å². The molecule has 0 amide bonds. The van der Waals surface area contributed by atoms with Crippen molar-refractivity contribution in [2.75, 3.05) is 19.8 Å². The van der Waals surface area contributed by atoms with Crippen LogP contribution in [0.25, 0.3) is 0 Å². The zero-order chi connectivity index (χ0) is 13.5. The number of ether oxygens (including phenoxy) is 2.